The number of piperidine rings is 1. The molecule has 2 aliphatic rings. The minimum Gasteiger partial charge on any atom is -0.385 e. The Labute approximate surface area is 214 Å². The van der Waals surface area contributed by atoms with Crippen LogP contribution in [0.1, 0.15) is 69.1 Å². The summed E-state index contributed by atoms with van der Waals surface area (Å²) in [5, 5.41) is 21.1. The van der Waals surface area contributed by atoms with Gasteiger partial charge >= 0.3 is 0 Å². The molecule has 0 radical (unpaired) electrons. The van der Waals surface area contributed by atoms with Crippen molar-refractivity contribution in [1.82, 2.24) is 4.90 Å². The average molecular weight is 496 g/mol. The quantitative estimate of drug-likeness (QED) is 0.413. The number of likely N-dealkylation sites (tertiary alicyclic amines) is 1. The lowest BCUT2D eigenvalue weighted by Crippen LogP contribution is -2.42. The molecule has 1 aliphatic carbocycles. The first-order valence-electron chi connectivity index (χ1n) is 12.6. The topological polar surface area (TPSA) is 43.7 Å². The van der Waals surface area contributed by atoms with E-state index in [0.29, 0.717) is 12.8 Å². The third-order valence-corrected chi connectivity index (χ3v) is 7.38. The van der Waals surface area contributed by atoms with Crippen LogP contribution in [0, 0.1) is 11.6 Å². The SMILES string of the molecule is C.OC1(c2ccc(F)cc2)CCCCC1.OC1(c2ccc(F)cc2)CCN(Cc2ccccc2)CC1. The molecule has 0 atom stereocenters. The van der Waals surface area contributed by atoms with Crippen molar-refractivity contribution in [2.24, 2.45) is 0 Å². The van der Waals surface area contributed by atoms with Crippen molar-refractivity contribution in [3.05, 3.63) is 107 Å². The van der Waals surface area contributed by atoms with Crippen LogP contribution in [-0.4, -0.2) is 28.2 Å². The molecule has 1 heterocycles. The second kappa shape index (κ2) is 12.6. The van der Waals surface area contributed by atoms with Gasteiger partial charge in [-0.2, -0.15) is 0 Å². The smallest absolute Gasteiger partial charge is 0.123 e. The van der Waals surface area contributed by atoms with E-state index in [2.05, 4.69) is 17.0 Å². The van der Waals surface area contributed by atoms with Gasteiger partial charge in [-0.3, -0.25) is 4.90 Å². The van der Waals surface area contributed by atoms with Gasteiger partial charge in [0.1, 0.15) is 11.6 Å². The van der Waals surface area contributed by atoms with Gasteiger partial charge in [0.25, 0.3) is 0 Å². The summed E-state index contributed by atoms with van der Waals surface area (Å²) in [5.41, 5.74) is 1.46. The summed E-state index contributed by atoms with van der Waals surface area (Å²) in [5.74, 6) is -0.503. The number of hydrogen-bond donors (Lipinski definition) is 2. The summed E-state index contributed by atoms with van der Waals surface area (Å²) in [4.78, 5) is 2.35. The van der Waals surface area contributed by atoms with E-state index in [0.717, 1.165) is 56.4 Å². The maximum Gasteiger partial charge on any atom is 0.123 e. The largest absolute Gasteiger partial charge is 0.385 e. The van der Waals surface area contributed by atoms with E-state index >= 15 is 0 Å². The number of benzene rings is 3. The van der Waals surface area contributed by atoms with Crippen LogP contribution in [0.5, 0.6) is 0 Å². The number of aliphatic hydroxyl groups is 2. The summed E-state index contributed by atoms with van der Waals surface area (Å²) in [6, 6.07) is 22.8. The van der Waals surface area contributed by atoms with Crippen LogP contribution < -0.4 is 0 Å². The van der Waals surface area contributed by atoms with E-state index in [1.54, 1.807) is 24.3 Å². The van der Waals surface area contributed by atoms with Gasteiger partial charge in [0.2, 0.25) is 0 Å². The molecule has 0 bridgehead atoms. The number of hydrogen-bond acceptors (Lipinski definition) is 3. The maximum absolute atomic E-state index is 13.0. The molecule has 3 aromatic carbocycles. The van der Waals surface area contributed by atoms with Crippen molar-refractivity contribution < 1.29 is 19.0 Å². The Kier molecular flexibility index (Phi) is 9.77. The summed E-state index contributed by atoms with van der Waals surface area (Å²) >= 11 is 0. The minimum absolute atomic E-state index is 0. The van der Waals surface area contributed by atoms with Crippen molar-refractivity contribution in [2.75, 3.05) is 13.1 Å². The highest BCUT2D eigenvalue weighted by Gasteiger charge is 2.34. The molecule has 0 unspecified atom stereocenters. The zero-order valence-electron chi connectivity index (χ0n) is 20.2. The molecule has 1 saturated carbocycles. The van der Waals surface area contributed by atoms with Crippen LogP contribution in [0.4, 0.5) is 8.78 Å². The van der Waals surface area contributed by atoms with E-state index in [9.17, 15) is 19.0 Å². The van der Waals surface area contributed by atoms with Gasteiger partial charge in [0.05, 0.1) is 11.2 Å². The van der Waals surface area contributed by atoms with Gasteiger partial charge in [-0.15, -0.1) is 0 Å². The Morgan fingerprint density at radius 3 is 1.53 bits per heavy atom. The Morgan fingerprint density at radius 2 is 1.06 bits per heavy atom. The first kappa shape index (κ1) is 28.0. The van der Waals surface area contributed by atoms with Crippen LogP contribution in [0.25, 0.3) is 0 Å². The van der Waals surface area contributed by atoms with Crippen molar-refractivity contribution in [1.29, 1.82) is 0 Å². The van der Waals surface area contributed by atoms with Crippen LogP contribution in [0.15, 0.2) is 78.9 Å². The van der Waals surface area contributed by atoms with Crippen molar-refractivity contribution in [2.45, 2.75) is 70.1 Å². The maximum atomic E-state index is 13.0. The van der Waals surface area contributed by atoms with Crippen LogP contribution in [0.2, 0.25) is 0 Å². The first-order chi connectivity index (χ1) is 16.9. The number of halogens is 2. The fourth-order valence-electron chi connectivity index (χ4n) is 5.16. The van der Waals surface area contributed by atoms with E-state index in [4.69, 9.17) is 0 Å². The molecule has 0 spiro atoms. The van der Waals surface area contributed by atoms with E-state index < -0.39 is 11.2 Å². The summed E-state index contributed by atoms with van der Waals surface area (Å²) < 4.78 is 25.7. The molecule has 2 fully saturated rings. The van der Waals surface area contributed by atoms with Gasteiger partial charge in [0.15, 0.2) is 0 Å². The molecule has 3 nitrogen and oxygen atoms in total. The predicted molar refractivity (Wildman–Crippen MR) is 141 cm³/mol. The second-order valence-corrected chi connectivity index (χ2v) is 9.90. The minimum atomic E-state index is -0.819. The monoisotopic (exact) mass is 495 g/mol. The van der Waals surface area contributed by atoms with Gasteiger partial charge in [-0.25, -0.2) is 8.78 Å². The van der Waals surface area contributed by atoms with Gasteiger partial charge in [-0.05, 0) is 66.6 Å². The van der Waals surface area contributed by atoms with Gasteiger partial charge in [-0.1, -0.05) is 81.3 Å². The van der Waals surface area contributed by atoms with E-state index in [1.807, 2.05) is 18.2 Å². The molecule has 5 heteroatoms. The molecular formula is C31H39F2NO2. The zero-order chi connectivity index (χ0) is 24.7. The molecule has 0 amide bonds. The van der Waals surface area contributed by atoms with Crippen molar-refractivity contribution >= 4 is 0 Å². The van der Waals surface area contributed by atoms with Crippen LogP contribution in [-0.2, 0) is 17.7 Å². The van der Waals surface area contributed by atoms with Gasteiger partial charge in [0, 0.05) is 19.6 Å². The zero-order valence-corrected chi connectivity index (χ0v) is 20.2. The van der Waals surface area contributed by atoms with Crippen molar-refractivity contribution in [3.8, 4) is 0 Å². The molecule has 5 rings (SSSR count). The molecule has 2 N–H and O–H groups in total. The molecule has 3 aromatic rings. The fourth-order valence-corrected chi connectivity index (χ4v) is 5.16. The second-order valence-electron chi connectivity index (χ2n) is 9.90. The molecule has 1 aliphatic heterocycles. The first-order valence-corrected chi connectivity index (χ1v) is 12.6. The third-order valence-electron chi connectivity index (χ3n) is 7.38. The summed E-state index contributed by atoms with van der Waals surface area (Å²) in [6.45, 7) is 2.62. The highest BCUT2D eigenvalue weighted by molar-refractivity contribution is 5.25. The van der Waals surface area contributed by atoms with Crippen LogP contribution >= 0.6 is 0 Å². The Hall–Kier alpha value is -2.60. The molecular weight excluding hydrogens is 456 g/mol. The standard InChI is InChI=1S/C18H20FNO.C12H15FO.CH4/c19-17-8-6-16(7-9-17)18(21)10-12-20(13-11-18)14-15-4-2-1-3-5-15;13-11-6-4-10(5-7-11)12(14)8-2-1-3-9-12;/h1-9,21H,10-14H2;4-7,14H,1-3,8-9H2;1H4. The molecule has 0 aromatic heterocycles. The van der Waals surface area contributed by atoms with E-state index in [1.165, 1.54) is 36.2 Å². The summed E-state index contributed by atoms with van der Waals surface area (Å²) in [7, 11) is 0. The predicted octanol–water partition coefficient (Wildman–Crippen LogP) is 6.92. The molecule has 194 valence electrons. The lowest BCUT2D eigenvalue weighted by atomic mass is 9.80. The van der Waals surface area contributed by atoms with Gasteiger partial charge < -0.3 is 10.2 Å². The lowest BCUT2D eigenvalue weighted by molar-refractivity contribution is -0.0277. The average Bonchev–Trinajstić information content (AvgIpc) is 2.88. The molecule has 36 heavy (non-hydrogen) atoms. The number of rotatable bonds is 4. The highest BCUT2D eigenvalue weighted by atomic mass is 19.1. The third kappa shape index (κ3) is 7.22. The normalized spacial score (nSPS) is 18.9. The lowest BCUT2D eigenvalue weighted by Gasteiger charge is -2.38. The number of nitrogens with zero attached hydrogens (tertiary/aromatic N) is 1. The Balaban J connectivity index is 0.000000210. The van der Waals surface area contributed by atoms with E-state index in [-0.39, 0.29) is 19.1 Å². The highest BCUT2D eigenvalue weighted by Crippen LogP contribution is 2.37. The molecule has 1 saturated heterocycles. The summed E-state index contributed by atoms with van der Waals surface area (Å²) in [6.07, 6.45) is 6.31. The Bertz CT molecular complexity index is 1040. The van der Waals surface area contributed by atoms with Crippen molar-refractivity contribution in [3.63, 3.8) is 0 Å². The van der Waals surface area contributed by atoms with Crippen LogP contribution in [0.3, 0.4) is 0 Å². The Morgan fingerprint density at radius 1 is 0.611 bits per heavy atom. The fraction of sp³-hybridized carbons (Fsp3) is 0.419.